The topological polar surface area (TPSA) is 57.1 Å². The average Bonchev–Trinajstić information content (AvgIpc) is 3.16. The molecule has 0 amide bonds. The summed E-state index contributed by atoms with van der Waals surface area (Å²) in [5.41, 5.74) is 3.98. The van der Waals surface area contributed by atoms with E-state index in [0.717, 1.165) is 22.3 Å². The van der Waals surface area contributed by atoms with E-state index in [4.69, 9.17) is 14.2 Å². The van der Waals surface area contributed by atoms with Crippen molar-refractivity contribution in [1.82, 2.24) is 0 Å². The van der Waals surface area contributed by atoms with Gasteiger partial charge in [-0.05, 0) is 67.8 Å². The third-order valence-electron chi connectivity index (χ3n) is 4.79. The molecule has 0 atom stereocenters. The lowest BCUT2D eigenvalue weighted by Gasteiger charge is -2.14. The molecule has 0 unspecified atom stereocenters. The van der Waals surface area contributed by atoms with Crippen LogP contribution in [0.1, 0.15) is 31.9 Å². The van der Waals surface area contributed by atoms with Gasteiger partial charge in [-0.3, -0.25) is 0 Å². The molecule has 1 heterocycles. The molecule has 162 valence electrons. The number of carbonyl (C=O) groups is 1. The molecule has 0 fully saturated rings. The highest BCUT2D eigenvalue weighted by molar-refractivity contribution is 6.13. The van der Waals surface area contributed by atoms with Crippen LogP contribution in [0.4, 0.5) is 0 Å². The molecule has 1 aliphatic rings. The maximum Gasteiger partial charge on any atom is 0.363 e. The lowest BCUT2D eigenvalue weighted by Crippen LogP contribution is -2.07. The summed E-state index contributed by atoms with van der Waals surface area (Å²) < 4.78 is 16.9. The number of hydrogen-bond donors (Lipinski definition) is 0. The van der Waals surface area contributed by atoms with E-state index < -0.39 is 5.97 Å². The summed E-state index contributed by atoms with van der Waals surface area (Å²) >= 11 is 0. The van der Waals surface area contributed by atoms with Gasteiger partial charge in [0.15, 0.2) is 17.2 Å². The quantitative estimate of drug-likeness (QED) is 0.349. The van der Waals surface area contributed by atoms with E-state index in [-0.39, 0.29) is 11.8 Å². The molecule has 1 aliphatic heterocycles. The average molecular weight is 428 g/mol. The van der Waals surface area contributed by atoms with Gasteiger partial charge in [-0.15, -0.1) is 0 Å². The Balaban J connectivity index is 1.58. The molecule has 0 N–H and O–H groups in total. The first kappa shape index (κ1) is 21.4. The fourth-order valence-electron chi connectivity index (χ4n) is 3.36. The Morgan fingerprint density at radius 2 is 1.59 bits per heavy atom. The van der Waals surface area contributed by atoms with Crippen LogP contribution in [0.3, 0.4) is 0 Å². The zero-order chi connectivity index (χ0) is 22.5. The van der Waals surface area contributed by atoms with Crippen LogP contribution in [-0.4, -0.2) is 24.6 Å². The summed E-state index contributed by atoms with van der Waals surface area (Å²) in [6.07, 6.45) is 1.72. The molecule has 0 saturated heterocycles. The van der Waals surface area contributed by atoms with Gasteiger partial charge >= 0.3 is 5.97 Å². The molecular weight excluding hydrogens is 402 g/mol. The summed E-state index contributed by atoms with van der Waals surface area (Å²) in [4.78, 5) is 16.8. The number of cyclic esters (lactones) is 1. The van der Waals surface area contributed by atoms with E-state index in [1.807, 2.05) is 81.4 Å². The van der Waals surface area contributed by atoms with Crippen LogP contribution in [0.2, 0.25) is 0 Å². The van der Waals surface area contributed by atoms with E-state index >= 15 is 0 Å². The number of carbonyl (C=O) groups excluding carboxylic acids is 1. The highest BCUT2D eigenvalue weighted by atomic mass is 16.6. The van der Waals surface area contributed by atoms with Crippen molar-refractivity contribution in [1.29, 1.82) is 0 Å². The Bertz CT molecular complexity index is 1160. The van der Waals surface area contributed by atoms with Crippen molar-refractivity contribution in [2.75, 3.05) is 6.61 Å². The maximum absolute atomic E-state index is 12.4. The van der Waals surface area contributed by atoms with Gasteiger partial charge in [0.1, 0.15) is 0 Å². The lowest BCUT2D eigenvalue weighted by molar-refractivity contribution is -0.129. The molecule has 0 saturated carbocycles. The molecular formula is C27H25NO4. The van der Waals surface area contributed by atoms with Gasteiger partial charge in [-0.25, -0.2) is 9.79 Å². The molecule has 0 radical (unpaired) electrons. The molecule has 3 aromatic rings. The number of esters is 1. The Hall–Kier alpha value is -3.86. The summed E-state index contributed by atoms with van der Waals surface area (Å²) in [5, 5.41) is 0. The Labute approximate surface area is 188 Å². The highest BCUT2D eigenvalue weighted by Crippen LogP contribution is 2.31. The molecule has 5 nitrogen and oxygen atoms in total. The van der Waals surface area contributed by atoms with E-state index in [1.165, 1.54) is 0 Å². The number of ether oxygens (including phenoxy) is 3. The van der Waals surface area contributed by atoms with Gasteiger partial charge in [-0.2, -0.15) is 0 Å². The third kappa shape index (κ3) is 4.89. The van der Waals surface area contributed by atoms with Crippen LogP contribution in [-0.2, 0) is 9.53 Å². The summed E-state index contributed by atoms with van der Waals surface area (Å²) in [5.74, 6) is 1.11. The van der Waals surface area contributed by atoms with Crippen LogP contribution >= 0.6 is 0 Å². The predicted octanol–water partition coefficient (Wildman–Crippen LogP) is 5.88. The van der Waals surface area contributed by atoms with Gasteiger partial charge in [0.25, 0.3) is 0 Å². The second-order valence-electron chi connectivity index (χ2n) is 7.59. The Kier molecular flexibility index (Phi) is 6.36. The molecule has 3 aromatic carbocycles. The van der Waals surface area contributed by atoms with Crippen molar-refractivity contribution in [3.8, 4) is 22.6 Å². The number of benzene rings is 3. The second-order valence-corrected chi connectivity index (χ2v) is 7.59. The standard InChI is InChI=1S/C27H25NO4/c1-4-30-25-17-19(10-15-24(25)31-18(2)3)16-23-27(29)32-26(28-23)22-13-11-21(12-14-22)20-8-6-5-7-9-20/h5-18H,4H2,1-3H3/b23-16-. The zero-order valence-electron chi connectivity index (χ0n) is 18.4. The minimum atomic E-state index is -0.479. The largest absolute Gasteiger partial charge is 0.490 e. The zero-order valence-corrected chi connectivity index (χ0v) is 18.4. The summed E-state index contributed by atoms with van der Waals surface area (Å²) in [7, 11) is 0. The number of rotatable bonds is 7. The minimum absolute atomic E-state index is 0.0312. The molecule has 32 heavy (non-hydrogen) atoms. The fourth-order valence-corrected chi connectivity index (χ4v) is 3.36. The number of nitrogens with zero attached hydrogens (tertiary/aromatic N) is 1. The lowest BCUT2D eigenvalue weighted by atomic mass is 10.0. The van der Waals surface area contributed by atoms with E-state index in [1.54, 1.807) is 6.08 Å². The first-order chi connectivity index (χ1) is 15.5. The first-order valence-electron chi connectivity index (χ1n) is 10.7. The van der Waals surface area contributed by atoms with Crippen LogP contribution in [0, 0.1) is 0 Å². The number of hydrogen-bond acceptors (Lipinski definition) is 5. The first-order valence-corrected chi connectivity index (χ1v) is 10.7. The van der Waals surface area contributed by atoms with Crippen molar-refractivity contribution in [2.24, 2.45) is 4.99 Å². The van der Waals surface area contributed by atoms with Crippen LogP contribution < -0.4 is 9.47 Å². The van der Waals surface area contributed by atoms with Crippen LogP contribution in [0.15, 0.2) is 83.5 Å². The maximum atomic E-state index is 12.4. The van der Waals surface area contributed by atoms with E-state index in [9.17, 15) is 4.79 Å². The molecule has 0 bridgehead atoms. The Morgan fingerprint density at radius 3 is 2.28 bits per heavy atom. The molecule has 0 spiro atoms. The Morgan fingerprint density at radius 1 is 0.906 bits per heavy atom. The third-order valence-corrected chi connectivity index (χ3v) is 4.79. The molecule has 4 rings (SSSR count). The molecule has 5 heteroatoms. The minimum Gasteiger partial charge on any atom is -0.490 e. The normalized spacial score (nSPS) is 14.4. The van der Waals surface area contributed by atoms with Crippen molar-refractivity contribution in [3.05, 3.63) is 89.6 Å². The van der Waals surface area contributed by atoms with Crippen LogP contribution in [0.25, 0.3) is 17.2 Å². The van der Waals surface area contributed by atoms with Crippen molar-refractivity contribution >= 4 is 17.9 Å². The highest BCUT2D eigenvalue weighted by Gasteiger charge is 2.24. The molecule has 0 aromatic heterocycles. The van der Waals surface area contributed by atoms with Gasteiger partial charge < -0.3 is 14.2 Å². The number of aliphatic imine (C=N–C) groups is 1. The van der Waals surface area contributed by atoms with Gasteiger partial charge in [0.2, 0.25) is 5.90 Å². The van der Waals surface area contributed by atoms with Crippen LogP contribution in [0.5, 0.6) is 11.5 Å². The van der Waals surface area contributed by atoms with Gasteiger partial charge in [0, 0.05) is 5.56 Å². The van der Waals surface area contributed by atoms with Crippen molar-refractivity contribution in [3.63, 3.8) is 0 Å². The predicted molar refractivity (Wildman–Crippen MR) is 126 cm³/mol. The van der Waals surface area contributed by atoms with Crippen molar-refractivity contribution < 1.29 is 19.0 Å². The van der Waals surface area contributed by atoms with Crippen molar-refractivity contribution in [2.45, 2.75) is 26.9 Å². The molecule has 0 aliphatic carbocycles. The fraction of sp³-hybridized carbons (Fsp3) is 0.185. The smallest absolute Gasteiger partial charge is 0.363 e. The SMILES string of the molecule is CCOc1cc(/C=C2\N=C(c3ccc(-c4ccccc4)cc3)OC2=O)ccc1OC(C)C. The van der Waals surface area contributed by atoms with Gasteiger partial charge in [0.05, 0.1) is 12.7 Å². The second kappa shape index (κ2) is 9.52. The monoisotopic (exact) mass is 427 g/mol. The summed E-state index contributed by atoms with van der Waals surface area (Å²) in [6, 6.07) is 23.4. The van der Waals surface area contributed by atoms with E-state index in [2.05, 4.69) is 17.1 Å². The van der Waals surface area contributed by atoms with E-state index in [0.29, 0.717) is 24.0 Å². The van der Waals surface area contributed by atoms with Gasteiger partial charge in [-0.1, -0.05) is 48.5 Å². The summed E-state index contributed by atoms with van der Waals surface area (Å²) in [6.45, 7) is 6.35.